The van der Waals surface area contributed by atoms with Gasteiger partial charge in [0.05, 0.1) is 4.92 Å². The first-order chi connectivity index (χ1) is 9.20. The van der Waals surface area contributed by atoms with Crippen LogP contribution in [0.5, 0.6) is 0 Å². The molecule has 0 aliphatic heterocycles. The number of amides is 1. The van der Waals surface area contributed by atoms with Crippen molar-refractivity contribution in [2.75, 3.05) is 6.54 Å². The van der Waals surface area contributed by atoms with E-state index in [1.165, 1.54) is 12.1 Å². The highest BCUT2D eigenvalue weighted by Crippen LogP contribution is 2.25. The minimum Gasteiger partial charge on any atom is -0.352 e. The fourth-order valence-corrected chi connectivity index (χ4v) is 1.57. The predicted molar refractivity (Wildman–Crippen MR) is 65.7 cm³/mol. The van der Waals surface area contributed by atoms with E-state index in [4.69, 9.17) is 11.6 Å². The molecule has 0 unspecified atom stereocenters. The van der Waals surface area contributed by atoms with Crippen LogP contribution in [0.1, 0.15) is 23.2 Å². The van der Waals surface area contributed by atoms with Gasteiger partial charge in [0.1, 0.15) is 5.02 Å². The highest BCUT2D eigenvalue weighted by atomic mass is 35.5. The van der Waals surface area contributed by atoms with Crippen LogP contribution in [0.4, 0.5) is 18.9 Å². The first-order valence-electron chi connectivity index (χ1n) is 5.49. The number of rotatable bonds is 5. The molecule has 1 N–H and O–H groups in total. The molecule has 110 valence electrons. The molecule has 9 heteroatoms. The van der Waals surface area contributed by atoms with E-state index in [2.05, 4.69) is 5.32 Å². The van der Waals surface area contributed by atoms with Crippen molar-refractivity contribution in [1.82, 2.24) is 5.32 Å². The molecule has 0 aliphatic rings. The average Bonchev–Trinajstić information content (AvgIpc) is 2.33. The second-order valence-corrected chi connectivity index (χ2v) is 4.31. The lowest BCUT2D eigenvalue weighted by Crippen LogP contribution is -2.25. The van der Waals surface area contributed by atoms with Crippen molar-refractivity contribution < 1.29 is 22.9 Å². The molecule has 1 rings (SSSR count). The maximum Gasteiger partial charge on any atom is 0.389 e. The molecule has 0 bridgehead atoms. The van der Waals surface area contributed by atoms with Crippen LogP contribution in [0, 0.1) is 10.1 Å². The molecule has 0 saturated carbocycles. The van der Waals surface area contributed by atoms with Gasteiger partial charge >= 0.3 is 6.18 Å². The molecule has 0 atom stereocenters. The van der Waals surface area contributed by atoms with E-state index in [1.807, 2.05) is 0 Å². The second-order valence-electron chi connectivity index (χ2n) is 3.90. The van der Waals surface area contributed by atoms with Gasteiger partial charge in [0.15, 0.2) is 0 Å². The van der Waals surface area contributed by atoms with Crippen LogP contribution >= 0.6 is 11.6 Å². The Morgan fingerprint density at radius 2 is 2.05 bits per heavy atom. The van der Waals surface area contributed by atoms with Gasteiger partial charge in [-0.3, -0.25) is 14.9 Å². The van der Waals surface area contributed by atoms with Gasteiger partial charge in [-0.1, -0.05) is 11.6 Å². The molecule has 1 aromatic rings. The Bertz CT molecular complexity index is 520. The Morgan fingerprint density at radius 3 is 2.60 bits per heavy atom. The topological polar surface area (TPSA) is 72.2 Å². The highest BCUT2D eigenvalue weighted by Gasteiger charge is 2.26. The van der Waals surface area contributed by atoms with E-state index in [1.54, 1.807) is 0 Å². The Balaban J connectivity index is 2.60. The second kappa shape index (κ2) is 6.56. The number of nitrogens with one attached hydrogen (secondary N) is 1. The van der Waals surface area contributed by atoms with Gasteiger partial charge in [-0.25, -0.2) is 0 Å². The van der Waals surface area contributed by atoms with Crippen LogP contribution in [0.25, 0.3) is 0 Å². The summed E-state index contributed by atoms with van der Waals surface area (Å²) in [4.78, 5) is 21.5. The standard InChI is InChI=1S/C11H10ClF3N2O3/c12-8-3-2-7(6-9(8)17(19)20)10(18)16-5-1-4-11(13,14)15/h2-3,6H,1,4-5H2,(H,16,18). The molecule has 0 saturated heterocycles. The highest BCUT2D eigenvalue weighted by molar-refractivity contribution is 6.32. The summed E-state index contributed by atoms with van der Waals surface area (Å²) < 4.78 is 35.7. The SMILES string of the molecule is O=C(NCCCC(F)(F)F)c1ccc(Cl)c([N+](=O)[O-])c1. The quantitative estimate of drug-likeness (QED) is 0.515. The van der Waals surface area contributed by atoms with E-state index >= 15 is 0 Å². The van der Waals surface area contributed by atoms with Gasteiger partial charge in [0.25, 0.3) is 11.6 Å². The van der Waals surface area contributed by atoms with Gasteiger partial charge in [-0.2, -0.15) is 13.2 Å². The van der Waals surface area contributed by atoms with E-state index in [9.17, 15) is 28.1 Å². The van der Waals surface area contributed by atoms with Crippen LogP contribution in [0.15, 0.2) is 18.2 Å². The predicted octanol–water partition coefficient (Wildman–Crippen LogP) is 3.32. The van der Waals surface area contributed by atoms with E-state index < -0.39 is 29.1 Å². The number of hydrogen-bond acceptors (Lipinski definition) is 3. The molecule has 1 amide bonds. The number of halogens is 4. The van der Waals surface area contributed by atoms with Crippen molar-refractivity contribution in [2.24, 2.45) is 0 Å². The third kappa shape index (κ3) is 5.04. The fourth-order valence-electron chi connectivity index (χ4n) is 1.39. The van der Waals surface area contributed by atoms with Gasteiger partial charge in [0, 0.05) is 24.6 Å². The average molecular weight is 311 g/mol. The van der Waals surface area contributed by atoms with Crippen LogP contribution in [0.2, 0.25) is 5.02 Å². The zero-order valence-corrected chi connectivity index (χ0v) is 10.8. The Morgan fingerprint density at radius 1 is 1.40 bits per heavy atom. The van der Waals surface area contributed by atoms with Gasteiger partial charge in [0.2, 0.25) is 0 Å². The summed E-state index contributed by atoms with van der Waals surface area (Å²) in [6.07, 6.45) is -5.54. The first-order valence-corrected chi connectivity index (χ1v) is 5.87. The van der Waals surface area contributed by atoms with Crippen molar-refractivity contribution in [3.05, 3.63) is 38.9 Å². The van der Waals surface area contributed by atoms with Crippen LogP contribution in [-0.4, -0.2) is 23.6 Å². The largest absolute Gasteiger partial charge is 0.389 e. The summed E-state index contributed by atoms with van der Waals surface area (Å²) in [7, 11) is 0. The number of alkyl halides is 3. The molecule has 5 nitrogen and oxygen atoms in total. The number of carbonyl (C=O) groups excluding carboxylic acids is 1. The van der Waals surface area contributed by atoms with Crippen molar-refractivity contribution in [3.63, 3.8) is 0 Å². The molecule has 1 aromatic carbocycles. The molecular weight excluding hydrogens is 301 g/mol. The Hall–Kier alpha value is -1.83. The molecule has 0 radical (unpaired) electrons. The summed E-state index contributed by atoms with van der Waals surface area (Å²) in [6.45, 7) is -0.172. The minimum atomic E-state index is -4.27. The molecule has 0 aliphatic carbocycles. The van der Waals surface area contributed by atoms with Crippen molar-refractivity contribution in [3.8, 4) is 0 Å². The van der Waals surface area contributed by atoms with Gasteiger partial charge in [-0.15, -0.1) is 0 Å². The van der Waals surface area contributed by atoms with Crippen molar-refractivity contribution >= 4 is 23.2 Å². The summed E-state index contributed by atoms with van der Waals surface area (Å²) in [6, 6.07) is 3.42. The lowest BCUT2D eigenvalue weighted by Gasteiger charge is -2.07. The first kappa shape index (κ1) is 16.2. The third-order valence-electron chi connectivity index (χ3n) is 2.33. The van der Waals surface area contributed by atoms with Crippen molar-refractivity contribution in [1.29, 1.82) is 0 Å². The van der Waals surface area contributed by atoms with Crippen LogP contribution in [-0.2, 0) is 0 Å². The Kier molecular flexibility index (Phi) is 5.32. The van der Waals surface area contributed by atoms with Crippen LogP contribution in [0.3, 0.4) is 0 Å². The minimum absolute atomic E-state index is 0.0342. The Labute approximate surface area is 116 Å². The molecule has 0 fully saturated rings. The summed E-state index contributed by atoms with van der Waals surface area (Å²) in [5.74, 6) is -0.688. The van der Waals surface area contributed by atoms with Gasteiger partial charge in [-0.05, 0) is 18.6 Å². The zero-order chi connectivity index (χ0) is 15.3. The van der Waals surface area contributed by atoms with E-state index in [-0.39, 0.29) is 23.6 Å². The number of nitro benzene ring substituents is 1. The smallest absolute Gasteiger partial charge is 0.352 e. The fraction of sp³-hybridized carbons (Fsp3) is 0.364. The molecular formula is C11H10ClF3N2O3. The number of carbonyl (C=O) groups is 1. The monoisotopic (exact) mass is 310 g/mol. The zero-order valence-electron chi connectivity index (χ0n) is 10.0. The molecule has 0 spiro atoms. The molecule has 0 aromatic heterocycles. The molecule has 20 heavy (non-hydrogen) atoms. The lowest BCUT2D eigenvalue weighted by molar-refractivity contribution is -0.384. The normalized spacial score (nSPS) is 11.2. The number of nitro groups is 1. The maximum atomic E-state index is 11.9. The van der Waals surface area contributed by atoms with Gasteiger partial charge < -0.3 is 5.32 Å². The number of nitrogens with zero attached hydrogens (tertiary/aromatic N) is 1. The van der Waals surface area contributed by atoms with E-state index in [0.717, 1.165) is 6.07 Å². The lowest BCUT2D eigenvalue weighted by atomic mass is 10.2. The summed E-state index contributed by atoms with van der Waals surface area (Å²) >= 11 is 5.57. The number of hydrogen-bond donors (Lipinski definition) is 1. The summed E-state index contributed by atoms with van der Waals surface area (Å²) in [5.41, 5.74) is -0.470. The summed E-state index contributed by atoms with van der Waals surface area (Å²) in [5, 5.41) is 12.8. The van der Waals surface area contributed by atoms with E-state index in [0.29, 0.717) is 0 Å². The number of benzene rings is 1. The maximum absolute atomic E-state index is 11.9. The third-order valence-corrected chi connectivity index (χ3v) is 2.65. The van der Waals surface area contributed by atoms with Crippen molar-refractivity contribution in [2.45, 2.75) is 19.0 Å². The van der Waals surface area contributed by atoms with Crippen LogP contribution < -0.4 is 5.32 Å². The molecule has 0 heterocycles.